The molecule has 8 rings (SSSR count). The summed E-state index contributed by atoms with van der Waals surface area (Å²) in [5.41, 5.74) is 1.63. The summed E-state index contributed by atoms with van der Waals surface area (Å²) in [4.78, 5) is 36.2. The lowest BCUT2D eigenvalue weighted by Gasteiger charge is -2.30. The van der Waals surface area contributed by atoms with Gasteiger partial charge in [-0.15, -0.1) is 0 Å². The van der Waals surface area contributed by atoms with Crippen molar-refractivity contribution in [3.63, 3.8) is 0 Å². The third-order valence-electron chi connectivity index (χ3n) is 9.62. The summed E-state index contributed by atoms with van der Waals surface area (Å²) in [7, 11) is 4.68. The molecule has 1 unspecified atom stereocenters. The fourth-order valence-corrected chi connectivity index (χ4v) is 7.21. The zero-order valence-electron chi connectivity index (χ0n) is 28.1. The van der Waals surface area contributed by atoms with Crippen LogP contribution < -0.4 is 15.0 Å². The lowest BCUT2D eigenvalue weighted by molar-refractivity contribution is -0.132. The van der Waals surface area contributed by atoms with Crippen LogP contribution in [-0.2, 0) is 16.1 Å². The fourth-order valence-electron chi connectivity index (χ4n) is 7.21. The van der Waals surface area contributed by atoms with Crippen LogP contribution in [0.2, 0.25) is 0 Å². The number of carbonyl (C=O) groups is 1. The number of nitrogens with one attached hydrogen (secondary N) is 1. The van der Waals surface area contributed by atoms with Crippen molar-refractivity contribution in [3.05, 3.63) is 78.3 Å². The van der Waals surface area contributed by atoms with E-state index in [4.69, 9.17) is 14.5 Å². The number of hydrogen-bond acceptors (Lipinski definition) is 10. The van der Waals surface area contributed by atoms with E-state index in [-0.39, 0.29) is 47.4 Å². The van der Waals surface area contributed by atoms with Crippen molar-refractivity contribution in [1.29, 1.82) is 0 Å². The highest BCUT2D eigenvalue weighted by molar-refractivity contribution is 5.94. The molecule has 0 radical (unpaired) electrons. The lowest BCUT2D eigenvalue weighted by Crippen LogP contribution is -2.47. The molecule has 4 bridgehead atoms. The number of likely N-dealkylation sites (N-methyl/N-ethyl adjacent to an activating group) is 1. The topological polar surface area (TPSA) is 128 Å². The first-order valence-corrected chi connectivity index (χ1v) is 16.3. The number of halogens is 3. The van der Waals surface area contributed by atoms with Gasteiger partial charge in [0.2, 0.25) is 5.91 Å². The van der Waals surface area contributed by atoms with Crippen molar-refractivity contribution >= 4 is 39.6 Å². The highest BCUT2D eigenvalue weighted by Crippen LogP contribution is 2.36. The first-order chi connectivity index (χ1) is 24.6. The van der Waals surface area contributed by atoms with Gasteiger partial charge < -0.3 is 29.2 Å². The number of anilines is 2. The Kier molecular flexibility index (Phi) is 7.97. The van der Waals surface area contributed by atoms with E-state index in [0.29, 0.717) is 52.8 Å². The number of pyridine rings is 1. The summed E-state index contributed by atoms with van der Waals surface area (Å²) in [6.45, 7) is 2.41. The fraction of sp³-hybridized carbons (Fsp3) is 0.314. The van der Waals surface area contributed by atoms with Gasteiger partial charge in [-0.2, -0.15) is 5.10 Å². The van der Waals surface area contributed by atoms with E-state index in [1.54, 1.807) is 58.6 Å². The summed E-state index contributed by atoms with van der Waals surface area (Å²) in [5.74, 6) is -0.507. The number of nitrogens with zero attached hydrogens (tertiary/aromatic N) is 9. The van der Waals surface area contributed by atoms with Crippen molar-refractivity contribution in [3.8, 4) is 22.7 Å². The van der Waals surface area contributed by atoms with Crippen molar-refractivity contribution in [2.75, 3.05) is 44.6 Å². The number of benzene rings is 2. The molecule has 3 atom stereocenters. The van der Waals surface area contributed by atoms with E-state index in [9.17, 15) is 9.18 Å². The average Bonchev–Trinajstić information content (AvgIpc) is 3.83. The Hall–Kier alpha value is -5.77. The number of rotatable bonds is 4. The van der Waals surface area contributed by atoms with E-state index in [1.807, 2.05) is 4.90 Å². The number of aryl methyl sites for hydroxylation is 1. The number of methoxy groups -OCH3 is 2. The number of carbonyl (C=O) groups excluding carboxylic acids is 1. The summed E-state index contributed by atoms with van der Waals surface area (Å²) in [5, 5.41) is 8.57. The molecule has 51 heavy (non-hydrogen) atoms. The second kappa shape index (κ2) is 12.5. The number of ether oxygens (including phenoxy) is 2. The molecule has 262 valence electrons. The minimum Gasteiger partial charge on any atom is -0.494 e. The van der Waals surface area contributed by atoms with E-state index in [1.165, 1.54) is 32.7 Å². The third kappa shape index (κ3) is 5.46. The van der Waals surface area contributed by atoms with Gasteiger partial charge in [0.25, 0.3) is 0 Å². The number of imidazole rings is 1. The highest BCUT2D eigenvalue weighted by atomic mass is 19.1. The molecule has 6 heterocycles. The number of hydrogen-bond donors (Lipinski definition) is 1. The molecule has 4 aromatic heterocycles. The van der Waals surface area contributed by atoms with Crippen LogP contribution >= 0.6 is 0 Å². The molecule has 2 aromatic carbocycles. The molecule has 13 nitrogen and oxygen atoms in total. The Bertz CT molecular complexity index is 2330. The third-order valence-corrected chi connectivity index (χ3v) is 9.62. The molecule has 1 amide bonds. The van der Waals surface area contributed by atoms with Crippen LogP contribution in [0.3, 0.4) is 0 Å². The Morgan fingerprint density at radius 1 is 0.980 bits per heavy atom. The summed E-state index contributed by atoms with van der Waals surface area (Å²) in [6, 6.07) is 9.20. The van der Waals surface area contributed by atoms with E-state index in [0.717, 1.165) is 6.07 Å². The van der Waals surface area contributed by atoms with Crippen molar-refractivity contribution in [2.45, 2.75) is 38.1 Å². The van der Waals surface area contributed by atoms with Gasteiger partial charge in [-0.1, -0.05) is 6.07 Å². The van der Waals surface area contributed by atoms with Crippen molar-refractivity contribution in [2.24, 2.45) is 0 Å². The Morgan fingerprint density at radius 2 is 1.82 bits per heavy atom. The van der Waals surface area contributed by atoms with Crippen LogP contribution in [0, 0.1) is 24.4 Å². The second-order valence-electron chi connectivity index (χ2n) is 12.7. The normalized spacial score (nSPS) is 19.4. The Balaban J connectivity index is 1.23. The van der Waals surface area contributed by atoms with Gasteiger partial charge in [-0.3, -0.25) is 4.79 Å². The number of amides is 1. The molecular weight excluding hydrogens is 665 g/mol. The molecule has 1 fully saturated rings. The van der Waals surface area contributed by atoms with Gasteiger partial charge in [0.1, 0.15) is 58.4 Å². The van der Waals surface area contributed by atoms with Gasteiger partial charge in [-0.25, -0.2) is 37.8 Å². The maximum Gasteiger partial charge on any atom is 0.245 e. The molecule has 6 aromatic rings. The van der Waals surface area contributed by atoms with Gasteiger partial charge in [0.05, 0.1) is 48.1 Å². The second-order valence-corrected chi connectivity index (χ2v) is 12.7. The monoisotopic (exact) mass is 698 g/mol. The number of fused-ring (bicyclic) bond motifs is 6. The van der Waals surface area contributed by atoms with Gasteiger partial charge in [0, 0.05) is 45.4 Å². The summed E-state index contributed by atoms with van der Waals surface area (Å²) >= 11 is 0. The van der Waals surface area contributed by atoms with Crippen LogP contribution in [0.5, 0.6) is 5.75 Å². The van der Waals surface area contributed by atoms with Crippen LogP contribution in [0.15, 0.2) is 55.0 Å². The van der Waals surface area contributed by atoms with E-state index < -0.39 is 29.6 Å². The molecular formula is C35H33F3N10O3. The maximum atomic E-state index is 15.7. The molecule has 2 aliphatic heterocycles. The maximum absolute atomic E-state index is 15.7. The van der Waals surface area contributed by atoms with Gasteiger partial charge in [0.15, 0.2) is 11.5 Å². The summed E-state index contributed by atoms with van der Waals surface area (Å²) in [6.07, 6.45) is 2.84. The van der Waals surface area contributed by atoms with Crippen LogP contribution in [-0.4, -0.2) is 97.6 Å². The van der Waals surface area contributed by atoms with Crippen LogP contribution in [0.1, 0.15) is 12.2 Å². The first-order valence-electron chi connectivity index (χ1n) is 16.3. The van der Waals surface area contributed by atoms with Crippen LogP contribution in [0.25, 0.3) is 39.0 Å². The van der Waals surface area contributed by atoms with Crippen molar-refractivity contribution < 1.29 is 27.4 Å². The standard InChI is InChI=1S/C35H33F3N10O3/c1-18-42-31-24(38)12-23(37)30-25-6-5-7-29(44-25)43-20-11-27(35(49)45(2)15-21(50-3)16-46(18)32(30)31)47(14-20)33-22-13-41-48(34(22)40-17-39-33)26-9-8-19(36)10-28(26)51-4/h5-10,12-13,17,20-21,27H,11,14-16H2,1-4H3,(H,43,44)/t20-,21?,27-/m0/s1. The molecule has 0 saturated carbocycles. The Labute approximate surface area is 289 Å². The van der Waals surface area contributed by atoms with Gasteiger partial charge >= 0.3 is 0 Å². The average molecular weight is 699 g/mol. The quantitative estimate of drug-likeness (QED) is 0.281. The largest absolute Gasteiger partial charge is 0.494 e. The summed E-state index contributed by atoms with van der Waals surface area (Å²) < 4.78 is 59.4. The minimum atomic E-state index is -0.778. The first kappa shape index (κ1) is 32.4. The zero-order chi connectivity index (χ0) is 35.6. The minimum absolute atomic E-state index is 0.0275. The molecule has 0 spiro atoms. The molecule has 0 aliphatic carbocycles. The predicted octanol–water partition coefficient (Wildman–Crippen LogP) is 4.51. The Morgan fingerprint density at radius 3 is 2.63 bits per heavy atom. The van der Waals surface area contributed by atoms with Gasteiger partial charge in [-0.05, 0) is 37.6 Å². The smallest absolute Gasteiger partial charge is 0.245 e. The molecule has 16 heteroatoms. The van der Waals surface area contributed by atoms with Crippen LogP contribution in [0.4, 0.5) is 24.8 Å². The highest BCUT2D eigenvalue weighted by Gasteiger charge is 2.41. The molecule has 1 saturated heterocycles. The molecule has 2 aliphatic rings. The lowest BCUT2D eigenvalue weighted by atomic mass is 10.1. The van der Waals surface area contributed by atoms with E-state index in [2.05, 4.69) is 25.4 Å². The zero-order valence-corrected chi connectivity index (χ0v) is 28.1. The molecule has 1 N–H and O–H groups in total. The SMILES string of the molecule is COc1cc(F)ccc1-n1ncc2c(N3C[C@@H]4C[C@H]3C(=O)N(C)CC(OC)Cn3c(C)nc5c(F)cc(F)c(c53)-c3cccc(n3)N4)ncnc21. The van der Waals surface area contributed by atoms with Crippen molar-refractivity contribution in [1.82, 2.24) is 39.2 Å². The number of aromatic nitrogens is 7. The predicted molar refractivity (Wildman–Crippen MR) is 182 cm³/mol. The van der Waals surface area contributed by atoms with E-state index >= 15 is 8.78 Å².